The molecule has 4 nitrogen and oxygen atoms in total. The number of nitrogens with two attached hydrogens (primary N) is 1. The van der Waals surface area contributed by atoms with E-state index in [0.29, 0.717) is 16.8 Å². The minimum atomic E-state index is -1.39. The first kappa shape index (κ1) is 18.5. The van der Waals surface area contributed by atoms with Crippen LogP contribution in [0, 0.1) is 17.5 Å². The Bertz CT molecular complexity index is 1110. The maximum atomic E-state index is 14.5. The summed E-state index contributed by atoms with van der Waals surface area (Å²) in [5.41, 5.74) is 6.28. The largest absolute Gasteiger partial charge is 0.491 e. The number of hydrogen-bond acceptors (Lipinski definition) is 4. The molecule has 0 saturated heterocycles. The fraction of sp³-hybridized carbons (Fsp3) is 0.100. The number of benzene rings is 2. The summed E-state index contributed by atoms with van der Waals surface area (Å²) in [5.74, 6) is -2.63. The van der Waals surface area contributed by atoms with Gasteiger partial charge in [-0.2, -0.15) is 0 Å². The molecule has 0 spiro atoms. The number of halogens is 4. The number of ether oxygens (including phenoxy) is 1. The third-order valence-corrected chi connectivity index (χ3v) is 5.29. The molecule has 2 aromatic carbocycles. The van der Waals surface area contributed by atoms with E-state index in [1.54, 1.807) is 18.3 Å². The second kappa shape index (κ2) is 6.63. The third kappa shape index (κ3) is 2.59. The van der Waals surface area contributed by atoms with Gasteiger partial charge in [-0.25, -0.2) is 18.2 Å². The van der Waals surface area contributed by atoms with E-state index < -0.39 is 28.7 Å². The second-order valence-electron chi connectivity index (χ2n) is 6.21. The van der Waals surface area contributed by atoms with Gasteiger partial charge in [0.2, 0.25) is 0 Å². The van der Waals surface area contributed by atoms with E-state index in [4.69, 9.17) is 10.5 Å². The zero-order valence-electron chi connectivity index (χ0n) is 14.5. The highest BCUT2D eigenvalue weighted by molar-refractivity contribution is 9.10. The topological polar surface area (TPSA) is 60.5 Å². The van der Waals surface area contributed by atoms with Gasteiger partial charge in [-0.1, -0.05) is 12.1 Å². The van der Waals surface area contributed by atoms with Crippen molar-refractivity contribution in [2.24, 2.45) is 10.7 Å². The number of nitrogens with zero attached hydrogens (tertiary/aromatic N) is 2. The Balaban J connectivity index is 2.09. The molecule has 2 N–H and O–H groups in total. The molecule has 28 heavy (non-hydrogen) atoms. The molecule has 0 saturated carbocycles. The average Bonchev–Trinajstić information content (AvgIpc) is 2.98. The van der Waals surface area contributed by atoms with Gasteiger partial charge >= 0.3 is 0 Å². The van der Waals surface area contributed by atoms with E-state index in [2.05, 4.69) is 25.9 Å². The summed E-state index contributed by atoms with van der Waals surface area (Å²) in [7, 11) is 1.18. The van der Waals surface area contributed by atoms with Gasteiger partial charge in [0.15, 0.2) is 17.4 Å². The Hall–Kier alpha value is -2.87. The monoisotopic (exact) mass is 447 g/mol. The lowest BCUT2D eigenvalue weighted by atomic mass is 9.78. The summed E-state index contributed by atoms with van der Waals surface area (Å²) >= 11 is 3.16. The zero-order valence-corrected chi connectivity index (χ0v) is 16.1. The second-order valence-corrected chi connectivity index (χ2v) is 7.06. The quantitative estimate of drug-likeness (QED) is 0.651. The average molecular weight is 448 g/mol. The van der Waals surface area contributed by atoms with E-state index in [1.807, 2.05) is 0 Å². The number of methoxy groups -OCH3 is 1. The van der Waals surface area contributed by atoms with Crippen LogP contribution in [0.2, 0.25) is 0 Å². The van der Waals surface area contributed by atoms with Gasteiger partial charge in [0.05, 0.1) is 11.6 Å². The van der Waals surface area contributed by atoms with Crippen molar-refractivity contribution >= 4 is 21.8 Å². The maximum absolute atomic E-state index is 14.5. The first-order chi connectivity index (χ1) is 13.4. The SMILES string of the molecule is COc1c(F)cc(C2(c3ccc(F)c(Br)c3)N=C(N)c3ncccc32)cc1F. The van der Waals surface area contributed by atoms with Crippen LogP contribution >= 0.6 is 15.9 Å². The minimum absolute atomic E-state index is 0.118. The smallest absolute Gasteiger partial charge is 0.190 e. The minimum Gasteiger partial charge on any atom is -0.491 e. The molecule has 1 atom stereocenters. The van der Waals surface area contributed by atoms with E-state index >= 15 is 0 Å². The molecule has 8 heteroatoms. The molecule has 0 amide bonds. The lowest BCUT2D eigenvalue weighted by Crippen LogP contribution is -2.26. The van der Waals surface area contributed by atoms with Crippen molar-refractivity contribution in [2.45, 2.75) is 5.54 Å². The fourth-order valence-electron chi connectivity index (χ4n) is 3.49. The highest BCUT2D eigenvalue weighted by Crippen LogP contribution is 2.47. The number of pyridine rings is 1. The summed E-state index contributed by atoms with van der Waals surface area (Å²) in [6.45, 7) is 0. The van der Waals surface area contributed by atoms with Crippen LogP contribution in [0.25, 0.3) is 0 Å². The van der Waals surface area contributed by atoms with Gasteiger partial charge in [0.25, 0.3) is 0 Å². The van der Waals surface area contributed by atoms with Crippen molar-refractivity contribution in [3.05, 3.63) is 93.0 Å². The molecule has 3 aromatic rings. The lowest BCUT2D eigenvalue weighted by Gasteiger charge is -2.29. The highest BCUT2D eigenvalue weighted by atomic mass is 79.9. The van der Waals surface area contributed by atoms with Gasteiger partial charge in [-0.3, -0.25) is 4.98 Å². The summed E-state index contributed by atoms with van der Waals surface area (Å²) < 4.78 is 47.9. The van der Waals surface area contributed by atoms with Crippen molar-refractivity contribution < 1.29 is 17.9 Å². The van der Waals surface area contributed by atoms with Crippen LogP contribution in [0.4, 0.5) is 13.2 Å². The highest BCUT2D eigenvalue weighted by Gasteiger charge is 2.44. The predicted molar refractivity (Wildman–Crippen MR) is 102 cm³/mol. The first-order valence-electron chi connectivity index (χ1n) is 8.18. The van der Waals surface area contributed by atoms with Gasteiger partial charge in [-0.15, -0.1) is 0 Å². The number of rotatable bonds is 3. The summed E-state index contributed by atoms with van der Waals surface area (Å²) in [6, 6.07) is 9.93. The van der Waals surface area contributed by atoms with Gasteiger partial charge in [0.1, 0.15) is 22.9 Å². The van der Waals surface area contributed by atoms with Crippen molar-refractivity contribution in [3.63, 3.8) is 0 Å². The number of aliphatic imine (C=N–C) groups is 1. The maximum Gasteiger partial charge on any atom is 0.190 e. The lowest BCUT2D eigenvalue weighted by molar-refractivity contribution is 0.358. The number of hydrogen-bond donors (Lipinski definition) is 1. The Kier molecular flexibility index (Phi) is 4.38. The van der Waals surface area contributed by atoms with E-state index in [9.17, 15) is 13.2 Å². The summed E-state index contributed by atoms with van der Waals surface area (Å²) in [5, 5.41) is 0. The summed E-state index contributed by atoms with van der Waals surface area (Å²) in [6.07, 6.45) is 1.55. The number of fused-ring (bicyclic) bond motifs is 1. The molecule has 0 radical (unpaired) electrons. The molecule has 142 valence electrons. The molecule has 1 aromatic heterocycles. The first-order valence-corrected chi connectivity index (χ1v) is 8.98. The standard InChI is InChI=1S/C20H13BrF3N3O/c1-28-18-15(23)8-11(9-16(18)24)20(10-4-5-14(22)13(21)7-10)12-3-2-6-26-17(12)19(25)27-20/h2-9H,1H3,(H2,25,27). The van der Waals surface area contributed by atoms with Crippen LogP contribution in [0.1, 0.15) is 22.4 Å². The Morgan fingerprint density at radius 1 is 1.00 bits per heavy atom. The Morgan fingerprint density at radius 3 is 2.36 bits per heavy atom. The van der Waals surface area contributed by atoms with Gasteiger partial charge in [-0.05, 0) is 57.4 Å². The Morgan fingerprint density at radius 2 is 1.71 bits per heavy atom. The van der Waals surface area contributed by atoms with Crippen molar-refractivity contribution in [2.75, 3.05) is 7.11 Å². The van der Waals surface area contributed by atoms with E-state index in [1.165, 1.54) is 25.3 Å². The van der Waals surface area contributed by atoms with Gasteiger partial charge in [0, 0.05) is 11.8 Å². The van der Waals surface area contributed by atoms with Crippen molar-refractivity contribution in [1.82, 2.24) is 4.98 Å². The van der Waals surface area contributed by atoms with Gasteiger partial charge < -0.3 is 10.5 Å². The zero-order chi connectivity index (χ0) is 20.1. The molecular weight excluding hydrogens is 435 g/mol. The van der Waals surface area contributed by atoms with Crippen LogP contribution in [0.3, 0.4) is 0 Å². The van der Waals surface area contributed by atoms with Crippen molar-refractivity contribution in [1.29, 1.82) is 0 Å². The molecule has 1 aliphatic rings. The molecule has 4 rings (SSSR count). The van der Waals surface area contributed by atoms with Crippen LogP contribution in [-0.4, -0.2) is 17.9 Å². The molecular formula is C20H13BrF3N3O. The molecule has 2 heterocycles. The molecule has 0 aliphatic carbocycles. The molecule has 1 aliphatic heterocycles. The van der Waals surface area contributed by atoms with Crippen molar-refractivity contribution in [3.8, 4) is 5.75 Å². The Labute approximate surface area is 167 Å². The predicted octanol–water partition coefficient (Wildman–Crippen LogP) is 4.28. The molecule has 0 bridgehead atoms. The fourth-order valence-corrected chi connectivity index (χ4v) is 3.87. The number of aromatic nitrogens is 1. The number of amidine groups is 1. The molecule has 1 unspecified atom stereocenters. The molecule has 0 fully saturated rings. The van der Waals surface area contributed by atoms with Crippen LogP contribution < -0.4 is 10.5 Å². The van der Waals surface area contributed by atoms with E-state index in [0.717, 1.165) is 12.1 Å². The van der Waals surface area contributed by atoms with Crippen LogP contribution in [0.15, 0.2) is 58.1 Å². The van der Waals surface area contributed by atoms with E-state index in [-0.39, 0.29) is 15.9 Å². The summed E-state index contributed by atoms with van der Waals surface area (Å²) in [4.78, 5) is 8.80. The van der Waals surface area contributed by atoms with Crippen LogP contribution in [-0.2, 0) is 5.54 Å². The normalized spacial score (nSPS) is 18.0. The third-order valence-electron chi connectivity index (χ3n) is 4.69. The van der Waals surface area contributed by atoms with Crippen LogP contribution in [0.5, 0.6) is 5.75 Å².